The summed E-state index contributed by atoms with van der Waals surface area (Å²) in [6.45, 7) is 2.57. The third-order valence-electron chi connectivity index (χ3n) is 1.67. The van der Waals surface area contributed by atoms with E-state index >= 15 is 0 Å². The fraction of sp³-hybridized carbons (Fsp3) is 0.625. The van der Waals surface area contributed by atoms with Crippen LogP contribution in [0.2, 0.25) is 5.15 Å². The monoisotopic (exact) mass is 220 g/mol. The molecule has 1 heterocycles. The minimum absolute atomic E-state index is 0.266. The molecule has 0 aliphatic carbocycles. The predicted octanol–water partition coefficient (Wildman–Crippen LogP) is 2.00. The molecular formula is C8H13ClN2OS. The summed E-state index contributed by atoms with van der Waals surface area (Å²) < 4.78 is 0. The highest BCUT2D eigenvalue weighted by atomic mass is 35.5. The molecule has 74 valence electrons. The van der Waals surface area contributed by atoms with Crippen LogP contribution in [0.4, 0.5) is 5.13 Å². The fourth-order valence-corrected chi connectivity index (χ4v) is 1.84. The van der Waals surface area contributed by atoms with Gasteiger partial charge < -0.3 is 10.0 Å². The van der Waals surface area contributed by atoms with E-state index in [0.717, 1.165) is 18.1 Å². The molecule has 0 saturated carbocycles. The summed E-state index contributed by atoms with van der Waals surface area (Å²) in [4.78, 5) is 6.11. The summed E-state index contributed by atoms with van der Waals surface area (Å²) in [6, 6.07) is 0. The van der Waals surface area contributed by atoms with E-state index in [1.165, 1.54) is 11.3 Å². The standard InChI is InChI=1S/C8H13ClN2OS/c1-6(12)3-4-11(2)8-10-7(9)5-13-8/h5-6,12H,3-4H2,1-2H3. The maximum absolute atomic E-state index is 9.08. The van der Waals surface area contributed by atoms with Crippen molar-refractivity contribution in [2.45, 2.75) is 19.4 Å². The van der Waals surface area contributed by atoms with Gasteiger partial charge in [0, 0.05) is 19.0 Å². The number of aliphatic hydroxyl groups is 1. The number of hydrogen-bond acceptors (Lipinski definition) is 4. The predicted molar refractivity (Wildman–Crippen MR) is 56.7 cm³/mol. The van der Waals surface area contributed by atoms with Gasteiger partial charge in [0.1, 0.15) is 5.15 Å². The normalized spacial score (nSPS) is 12.9. The van der Waals surface area contributed by atoms with Gasteiger partial charge in [0.05, 0.1) is 6.10 Å². The molecule has 5 heteroatoms. The lowest BCUT2D eigenvalue weighted by Gasteiger charge is -2.16. The second kappa shape index (κ2) is 4.79. The van der Waals surface area contributed by atoms with E-state index in [1.807, 2.05) is 11.9 Å². The van der Waals surface area contributed by atoms with Gasteiger partial charge in [0.25, 0.3) is 0 Å². The Labute approximate surface area is 87.0 Å². The van der Waals surface area contributed by atoms with E-state index in [-0.39, 0.29) is 6.10 Å². The molecule has 0 amide bonds. The summed E-state index contributed by atoms with van der Waals surface area (Å²) in [7, 11) is 1.94. The molecule has 1 rings (SSSR count). The van der Waals surface area contributed by atoms with Crippen molar-refractivity contribution in [3.05, 3.63) is 10.5 Å². The Kier molecular flexibility index (Phi) is 3.96. The van der Waals surface area contributed by atoms with Crippen LogP contribution >= 0.6 is 22.9 Å². The third-order valence-corrected chi connectivity index (χ3v) is 2.95. The summed E-state index contributed by atoms with van der Waals surface area (Å²) in [6.07, 6.45) is 0.478. The zero-order chi connectivity index (χ0) is 9.84. The summed E-state index contributed by atoms with van der Waals surface area (Å²) in [5.74, 6) is 0. The number of hydrogen-bond donors (Lipinski definition) is 1. The Morgan fingerprint density at radius 1 is 1.77 bits per heavy atom. The maximum Gasteiger partial charge on any atom is 0.186 e. The number of nitrogens with zero attached hydrogens (tertiary/aromatic N) is 2. The van der Waals surface area contributed by atoms with Crippen LogP contribution in [0.15, 0.2) is 5.38 Å². The van der Waals surface area contributed by atoms with Crippen LogP contribution in [0, 0.1) is 0 Å². The minimum atomic E-state index is -0.266. The van der Waals surface area contributed by atoms with Gasteiger partial charge in [0.2, 0.25) is 0 Å². The van der Waals surface area contributed by atoms with Crippen LogP contribution in [-0.4, -0.2) is 29.8 Å². The van der Waals surface area contributed by atoms with Crippen molar-refractivity contribution in [1.82, 2.24) is 4.98 Å². The van der Waals surface area contributed by atoms with Crippen molar-refractivity contribution in [2.75, 3.05) is 18.5 Å². The number of aromatic nitrogens is 1. The summed E-state index contributed by atoms with van der Waals surface area (Å²) in [5, 5.41) is 12.3. The van der Waals surface area contributed by atoms with Gasteiger partial charge in [-0.2, -0.15) is 0 Å². The second-order valence-electron chi connectivity index (χ2n) is 3.01. The molecule has 1 atom stereocenters. The number of rotatable bonds is 4. The molecule has 0 spiro atoms. The third kappa shape index (κ3) is 3.50. The average molecular weight is 221 g/mol. The van der Waals surface area contributed by atoms with E-state index < -0.39 is 0 Å². The maximum atomic E-state index is 9.08. The smallest absolute Gasteiger partial charge is 0.186 e. The number of halogens is 1. The number of aliphatic hydroxyl groups excluding tert-OH is 1. The molecule has 1 aromatic rings. The number of anilines is 1. The molecule has 0 saturated heterocycles. The van der Waals surface area contributed by atoms with E-state index in [9.17, 15) is 0 Å². The van der Waals surface area contributed by atoms with Crippen LogP contribution in [0.1, 0.15) is 13.3 Å². The van der Waals surface area contributed by atoms with Crippen molar-refractivity contribution < 1.29 is 5.11 Å². The summed E-state index contributed by atoms with van der Waals surface area (Å²) >= 11 is 7.20. The van der Waals surface area contributed by atoms with Gasteiger partial charge >= 0.3 is 0 Å². The number of thiazole rings is 1. The first-order valence-corrected chi connectivity index (χ1v) is 5.35. The van der Waals surface area contributed by atoms with Gasteiger partial charge in [0.15, 0.2) is 5.13 Å². The lowest BCUT2D eigenvalue weighted by Crippen LogP contribution is -2.21. The zero-order valence-electron chi connectivity index (χ0n) is 7.70. The molecule has 0 aromatic carbocycles. The van der Waals surface area contributed by atoms with E-state index in [0.29, 0.717) is 5.15 Å². The molecule has 1 aromatic heterocycles. The van der Waals surface area contributed by atoms with Gasteiger partial charge in [-0.05, 0) is 13.3 Å². The van der Waals surface area contributed by atoms with Crippen molar-refractivity contribution in [1.29, 1.82) is 0 Å². The van der Waals surface area contributed by atoms with Crippen LogP contribution in [0.5, 0.6) is 0 Å². The van der Waals surface area contributed by atoms with E-state index in [1.54, 1.807) is 12.3 Å². The van der Waals surface area contributed by atoms with Gasteiger partial charge in [-0.25, -0.2) is 4.98 Å². The lowest BCUT2D eigenvalue weighted by atomic mass is 10.3. The molecule has 13 heavy (non-hydrogen) atoms. The molecule has 0 aliphatic rings. The highest BCUT2D eigenvalue weighted by Crippen LogP contribution is 2.22. The van der Waals surface area contributed by atoms with E-state index in [4.69, 9.17) is 16.7 Å². The Bertz CT molecular complexity index is 264. The molecule has 1 N–H and O–H groups in total. The topological polar surface area (TPSA) is 36.4 Å². The highest BCUT2D eigenvalue weighted by Gasteiger charge is 2.06. The van der Waals surface area contributed by atoms with Crippen LogP contribution in [0.3, 0.4) is 0 Å². The van der Waals surface area contributed by atoms with Crippen LogP contribution < -0.4 is 4.90 Å². The molecule has 1 unspecified atom stereocenters. The SMILES string of the molecule is CC(O)CCN(C)c1nc(Cl)cs1. The molecule has 0 bridgehead atoms. The first-order chi connectivity index (χ1) is 6.09. The summed E-state index contributed by atoms with van der Waals surface area (Å²) in [5.41, 5.74) is 0. The van der Waals surface area contributed by atoms with Gasteiger partial charge in [-0.15, -0.1) is 11.3 Å². The molecule has 0 aliphatic heterocycles. The molecule has 0 radical (unpaired) electrons. The fourth-order valence-electron chi connectivity index (χ4n) is 0.897. The van der Waals surface area contributed by atoms with Crippen LogP contribution in [0.25, 0.3) is 0 Å². The zero-order valence-corrected chi connectivity index (χ0v) is 9.27. The van der Waals surface area contributed by atoms with Gasteiger partial charge in [-0.3, -0.25) is 0 Å². The van der Waals surface area contributed by atoms with Crippen molar-refractivity contribution in [3.63, 3.8) is 0 Å². The molecular weight excluding hydrogens is 208 g/mol. The Morgan fingerprint density at radius 2 is 2.46 bits per heavy atom. The highest BCUT2D eigenvalue weighted by molar-refractivity contribution is 7.14. The average Bonchev–Trinajstić information content (AvgIpc) is 2.47. The van der Waals surface area contributed by atoms with E-state index in [2.05, 4.69) is 4.98 Å². The van der Waals surface area contributed by atoms with Crippen molar-refractivity contribution in [2.24, 2.45) is 0 Å². The molecule has 3 nitrogen and oxygen atoms in total. The Morgan fingerprint density at radius 3 is 2.92 bits per heavy atom. The van der Waals surface area contributed by atoms with Crippen LogP contribution in [-0.2, 0) is 0 Å². The second-order valence-corrected chi connectivity index (χ2v) is 4.24. The first kappa shape index (κ1) is 10.8. The largest absolute Gasteiger partial charge is 0.393 e. The first-order valence-electron chi connectivity index (χ1n) is 4.10. The van der Waals surface area contributed by atoms with Crippen molar-refractivity contribution >= 4 is 28.1 Å². The lowest BCUT2D eigenvalue weighted by molar-refractivity contribution is 0.187. The molecule has 0 fully saturated rings. The van der Waals surface area contributed by atoms with Gasteiger partial charge in [-0.1, -0.05) is 11.6 Å². The Hall–Kier alpha value is -0.320. The van der Waals surface area contributed by atoms with Crippen molar-refractivity contribution in [3.8, 4) is 0 Å². The minimum Gasteiger partial charge on any atom is -0.393 e. The Balaban J connectivity index is 2.44. The quantitative estimate of drug-likeness (QED) is 0.844.